The first-order valence-corrected chi connectivity index (χ1v) is 3.59. The van der Waals surface area contributed by atoms with E-state index >= 15 is 0 Å². The number of rotatable bonds is 3. The van der Waals surface area contributed by atoms with E-state index in [4.69, 9.17) is 0 Å². The zero-order chi connectivity index (χ0) is 9.68. The van der Waals surface area contributed by atoms with Gasteiger partial charge in [0.1, 0.15) is 0 Å². The van der Waals surface area contributed by atoms with Crippen LogP contribution < -0.4 is 5.11 Å². The number of nitrogens with zero attached hydrogens (tertiary/aromatic N) is 1. The fourth-order valence-corrected chi connectivity index (χ4v) is 0.908. The topological polar surface area (TPSA) is 69.6 Å². The van der Waals surface area contributed by atoms with Crippen LogP contribution in [0.25, 0.3) is 0 Å². The number of benzene rings is 1. The van der Waals surface area contributed by atoms with E-state index in [1.165, 1.54) is 6.08 Å². The number of aliphatic carboxylic acids is 1. The number of aliphatic imine (C=N–C) groups is 1. The third-order valence-corrected chi connectivity index (χ3v) is 1.46. The molecule has 0 spiro atoms. The molecule has 0 amide bonds. The highest BCUT2D eigenvalue weighted by Gasteiger charge is 1.93. The van der Waals surface area contributed by atoms with Gasteiger partial charge in [0.25, 0.3) is 0 Å². The number of carbonyl (C=O) groups is 1. The van der Waals surface area contributed by atoms with Gasteiger partial charge in [0.2, 0.25) is 6.08 Å². The molecule has 1 aromatic carbocycles. The van der Waals surface area contributed by atoms with Crippen molar-refractivity contribution >= 4 is 17.7 Å². The molecule has 4 nitrogen and oxygen atoms in total. The molecular formula is C9H6NO3-. The number of carboxylic acid groups (broad SMARTS) is 1. The van der Waals surface area contributed by atoms with Gasteiger partial charge in [-0.25, -0.2) is 4.79 Å². The number of isocyanates is 1. The second kappa shape index (κ2) is 4.18. The van der Waals surface area contributed by atoms with Crippen LogP contribution in [0.3, 0.4) is 0 Å². The SMILES string of the molecule is O=C=Nc1ccc(CC(=O)[O-])cc1. The monoisotopic (exact) mass is 176 g/mol. The van der Waals surface area contributed by atoms with Gasteiger partial charge in [-0.2, -0.15) is 4.99 Å². The first kappa shape index (κ1) is 9.16. The van der Waals surface area contributed by atoms with Gasteiger partial charge >= 0.3 is 0 Å². The Morgan fingerprint density at radius 1 is 1.38 bits per heavy atom. The Labute approximate surface area is 74.5 Å². The lowest BCUT2D eigenvalue weighted by atomic mass is 10.1. The summed E-state index contributed by atoms with van der Waals surface area (Å²) in [4.78, 5) is 23.4. The van der Waals surface area contributed by atoms with Gasteiger partial charge < -0.3 is 9.90 Å². The van der Waals surface area contributed by atoms with Crippen LogP contribution in [-0.2, 0) is 16.0 Å². The summed E-state index contributed by atoms with van der Waals surface area (Å²) in [5.74, 6) is -1.13. The summed E-state index contributed by atoms with van der Waals surface area (Å²) < 4.78 is 0. The van der Waals surface area contributed by atoms with Gasteiger partial charge in [0, 0.05) is 12.4 Å². The van der Waals surface area contributed by atoms with Gasteiger partial charge in [-0.3, -0.25) is 0 Å². The third kappa shape index (κ3) is 2.89. The molecule has 0 radical (unpaired) electrons. The fraction of sp³-hybridized carbons (Fsp3) is 0.111. The van der Waals surface area contributed by atoms with Gasteiger partial charge in [0.05, 0.1) is 5.69 Å². The standard InChI is InChI=1S/C9H7NO3/c11-6-10-8-3-1-7(2-4-8)5-9(12)13/h1-4H,5H2,(H,12,13)/p-1. The summed E-state index contributed by atoms with van der Waals surface area (Å²) in [5.41, 5.74) is 1.07. The van der Waals surface area contributed by atoms with E-state index in [1.807, 2.05) is 0 Å². The van der Waals surface area contributed by atoms with Crippen molar-refractivity contribution in [2.24, 2.45) is 4.99 Å². The summed E-state index contributed by atoms with van der Waals surface area (Å²) in [5, 5.41) is 10.2. The number of hydrogen-bond donors (Lipinski definition) is 0. The van der Waals surface area contributed by atoms with Crippen molar-refractivity contribution in [1.82, 2.24) is 0 Å². The van der Waals surface area contributed by atoms with Gasteiger partial charge in [-0.15, -0.1) is 0 Å². The maximum absolute atomic E-state index is 10.2. The molecule has 0 aliphatic carbocycles. The van der Waals surface area contributed by atoms with Crippen LogP contribution in [0, 0.1) is 0 Å². The summed E-state index contributed by atoms with van der Waals surface area (Å²) in [6.45, 7) is 0. The molecule has 0 saturated carbocycles. The van der Waals surface area contributed by atoms with E-state index in [-0.39, 0.29) is 6.42 Å². The number of carbonyl (C=O) groups excluding carboxylic acids is 2. The fourth-order valence-electron chi connectivity index (χ4n) is 0.908. The molecule has 13 heavy (non-hydrogen) atoms. The lowest BCUT2D eigenvalue weighted by Crippen LogP contribution is -2.24. The highest BCUT2D eigenvalue weighted by atomic mass is 16.4. The Morgan fingerprint density at radius 2 is 2.00 bits per heavy atom. The summed E-state index contributed by atoms with van der Waals surface area (Å²) in [6, 6.07) is 6.24. The number of carboxylic acids is 1. The molecule has 0 aliphatic rings. The molecular weight excluding hydrogens is 170 g/mol. The molecule has 0 aliphatic heterocycles. The molecule has 0 heterocycles. The molecule has 66 valence electrons. The van der Waals surface area contributed by atoms with Crippen molar-refractivity contribution in [3.63, 3.8) is 0 Å². The second-order valence-corrected chi connectivity index (χ2v) is 2.42. The normalized spacial score (nSPS) is 8.92. The van der Waals surface area contributed by atoms with Crippen molar-refractivity contribution in [3.8, 4) is 0 Å². The quantitative estimate of drug-likeness (QED) is 0.478. The molecule has 1 aromatic rings. The van der Waals surface area contributed by atoms with Crippen molar-refractivity contribution in [3.05, 3.63) is 29.8 Å². The van der Waals surface area contributed by atoms with E-state index < -0.39 is 5.97 Å². The second-order valence-electron chi connectivity index (χ2n) is 2.42. The largest absolute Gasteiger partial charge is 0.550 e. The average Bonchev–Trinajstić information content (AvgIpc) is 2.08. The van der Waals surface area contributed by atoms with Crippen LogP contribution in [0.2, 0.25) is 0 Å². The van der Waals surface area contributed by atoms with Crippen LogP contribution in [0.1, 0.15) is 5.56 Å². The molecule has 0 aromatic heterocycles. The smallest absolute Gasteiger partial charge is 0.240 e. The van der Waals surface area contributed by atoms with E-state index in [2.05, 4.69) is 4.99 Å². The maximum atomic E-state index is 10.2. The third-order valence-electron chi connectivity index (χ3n) is 1.46. The Bertz CT molecular complexity index is 350. The van der Waals surface area contributed by atoms with E-state index in [0.717, 1.165) is 0 Å². The minimum atomic E-state index is -1.13. The molecule has 0 fully saturated rings. The van der Waals surface area contributed by atoms with Crippen LogP contribution in [0.5, 0.6) is 0 Å². The first-order valence-electron chi connectivity index (χ1n) is 3.59. The minimum absolute atomic E-state index is 0.134. The Balaban J connectivity index is 2.80. The summed E-state index contributed by atoms with van der Waals surface area (Å²) in [6.07, 6.45) is 1.26. The summed E-state index contributed by atoms with van der Waals surface area (Å²) >= 11 is 0. The maximum Gasteiger partial charge on any atom is 0.240 e. The predicted octanol–water partition coefficient (Wildman–Crippen LogP) is -0.0537. The van der Waals surface area contributed by atoms with Gasteiger partial charge in [-0.1, -0.05) is 12.1 Å². The highest BCUT2D eigenvalue weighted by Crippen LogP contribution is 2.11. The molecule has 0 atom stereocenters. The Kier molecular flexibility index (Phi) is 2.95. The lowest BCUT2D eigenvalue weighted by molar-refractivity contribution is -0.304. The van der Waals surface area contributed by atoms with Gasteiger partial charge in [0.15, 0.2) is 0 Å². The van der Waals surface area contributed by atoms with Gasteiger partial charge in [-0.05, 0) is 17.7 Å². The zero-order valence-corrected chi connectivity index (χ0v) is 6.69. The van der Waals surface area contributed by atoms with Crippen molar-refractivity contribution < 1.29 is 14.7 Å². The van der Waals surface area contributed by atoms with Crippen LogP contribution in [0.15, 0.2) is 29.3 Å². The summed E-state index contributed by atoms with van der Waals surface area (Å²) in [7, 11) is 0. The molecule has 0 saturated heterocycles. The molecule has 0 bridgehead atoms. The zero-order valence-electron chi connectivity index (χ0n) is 6.69. The Morgan fingerprint density at radius 3 is 2.46 bits per heavy atom. The predicted molar refractivity (Wildman–Crippen MR) is 42.9 cm³/mol. The molecule has 0 N–H and O–H groups in total. The lowest BCUT2D eigenvalue weighted by Gasteiger charge is -2.01. The van der Waals surface area contributed by atoms with Crippen molar-refractivity contribution in [1.29, 1.82) is 0 Å². The van der Waals surface area contributed by atoms with Crippen LogP contribution >= 0.6 is 0 Å². The molecule has 0 unspecified atom stereocenters. The van der Waals surface area contributed by atoms with Crippen LogP contribution in [-0.4, -0.2) is 12.0 Å². The molecule has 1 rings (SSSR count). The van der Waals surface area contributed by atoms with E-state index in [1.54, 1.807) is 24.3 Å². The minimum Gasteiger partial charge on any atom is -0.550 e. The van der Waals surface area contributed by atoms with E-state index in [9.17, 15) is 14.7 Å². The Hall–Kier alpha value is -1.93. The molecule has 4 heteroatoms. The number of hydrogen-bond acceptors (Lipinski definition) is 4. The average molecular weight is 176 g/mol. The van der Waals surface area contributed by atoms with Crippen LogP contribution in [0.4, 0.5) is 5.69 Å². The highest BCUT2D eigenvalue weighted by molar-refractivity contribution is 5.68. The first-order chi connectivity index (χ1) is 6.22. The van der Waals surface area contributed by atoms with Crippen molar-refractivity contribution in [2.45, 2.75) is 6.42 Å². The van der Waals surface area contributed by atoms with E-state index in [0.29, 0.717) is 11.3 Å². The van der Waals surface area contributed by atoms with Crippen molar-refractivity contribution in [2.75, 3.05) is 0 Å².